The van der Waals surface area contributed by atoms with Gasteiger partial charge in [0.25, 0.3) is 0 Å². The summed E-state index contributed by atoms with van der Waals surface area (Å²) in [5, 5.41) is 0. The lowest BCUT2D eigenvalue weighted by Gasteiger charge is -2.05. The number of carbonyl (C=O) groups is 1. The second-order valence-electron chi connectivity index (χ2n) is 2.52. The lowest BCUT2D eigenvalue weighted by atomic mass is 10.0. The molecular formula is C8H15ClO. The van der Waals surface area contributed by atoms with Crippen molar-refractivity contribution in [2.75, 3.05) is 5.88 Å². The average molecular weight is 163 g/mol. The van der Waals surface area contributed by atoms with Crippen molar-refractivity contribution in [3.8, 4) is 0 Å². The Kier molecular flexibility index (Phi) is 7.04. The summed E-state index contributed by atoms with van der Waals surface area (Å²) in [4.78, 5) is 10.4. The van der Waals surface area contributed by atoms with Crippen LogP contribution in [0.25, 0.3) is 0 Å². The zero-order chi connectivity index (χ0) is 7.82. The highest BCUT2D eigenvalue weighted by atomic mass is 35.5. The van der Waals surface area contributed by atoms with E-state index in [1.54, 1.807) is 0 Å². The maximum absolute atomic E-state index is 10.4. The van der Waals surface area contributed by atoms with Crippen LogP contribution < -0.4 is 0 Å². The van der Waals surface area contributed by atoms with Crippen molar-refractivity contribution in [2.45, 2.75) is 32.6 Å². The van der Waals surface area contributed by atoms with Crippen molar-refractivity contribution in [1.29, 1.82) is 0 Å². The van der Waals surface area contributed by atoms with Crippen molar-refractivity contribution >= 4 is 17.9 Å². The van der Waals surface area contributed by atoms with Crippen LogP contribution in [0.1, 0.15) is 32.6 Å². The monoisotopic (exact) mass is 162 g/mol. The number of hydrogen-bond donors (Lipinski definition) is 0. The number of carbonyl (C=O) groups excluding carboxylic acids is 1. The van der Waals surface area contributed by atoms with Crippen molar-refractivity contribution in [2.24, 2.45) is 5.92 Å². The Hall–Kier alpha value is -0.0400. The summed E-state index contributed by atoms with van der Waals surface area (Å²) < 4.78 is 0. The molecule has 0 rings (SSSR count). The lowest BCUT2D eigenvalue weighted by molar-refractivity contribution is -0.111. The average Bonchev–Trinajstić information content (AvgIpc) is 1.98. The minimum absolute atomic E-state index is 0.253. The van der Waals surface area contributed by atoms with Gasteiger partial charge in [-0.1, -0.05) is 13.3 Å². The Bertz CT molecular complexity index is 83.3. The standard InChI is InChI=1S/C8H15ClO/c1-2-4-8(7-10)5-3-6-9/h7-8H,2-6H2,1H3. The second kappa shape index (κ2) is 7.07. The van der Waals surface area contributed by atoms with Crippen molar-refractivity contribution < 1.29 is 4.79 Å². The Morgan fingerprint density at radius 2 is 2.20 bits per heavy atom. The van der Waals surface area contributed by atoms with Crippen LogP contribution in [0.4, 0.5) is 0 Å². The van der Waals surface area contributed by atoms with E-state index in [1.807, 2.05) is 0 Å². The van der Waals surface area contributed by atoms with Gasteiger partial charge in [0.1, 0.15) is 6.29 Å². The van der Waals surface area contributed by atoms with E-state index in [-0.39, 0.29) is 5.92 Å². The van der Waals surface area contributed by atoms with Gasteiger partial charge in [0, 0.05) is 11.8 Å². The number of rotatable bonds is 6. The summed E-state index contributed by atoms with van der Waals surface area (Å²) >= 11 is 5.49. The molecule has 0 N–H and O–H groups in total. The van der Waals surface area contributed by atoms with Crippen LogP contribution in [0.3, 0.4) is 0 Å². The predicted octanol–water partition coefficient (Wildman–Crippen LogP) is 2.62. The first-order valence-electron chi connectivity index (χ1n) is 3.86. The first-order chi connectivity index (χ1) is 4.85. The number of hydrogen-bond acceptors (Lipinski definition) is 1. The zero-order valence-corrected chi connectivity index (χ0v) is 7.23. The highest BCUT2D eigenvalue weighted by Gasteiger charge is 2.03. The molecule has 0 bridgehead atoms. The fourth-order valence-electron chi connectivity index (χ4n) is 0.991. The molecule has 0 spiro atoms. The van der Waals surface area contributed by atoms with Crippen LogP contribution in [0, 0.1) is 5.92 Å². The summed E-state index contributed by atoms with van der Waals surface area (Å²) in [7, 11) is 0. The summed E-state index contributed by atoms with van der Waals surface area (Å²) in [5.41, 5.74) is 0. The van der Waals surface area contributed by atoms with Crippen LogP contribution >= 0.6 is 11.6 Å². The van der Waals surface area contributed by atoms with Crippen LogP contribution in [0.5, 0.6) is 0 Å². The molecule has 2 heteroatoms. The van der Waals surface area contributed by atoms with Gasteiger partial charge in [-0.3, -0.25) is 0 Å². The topological polar surface area (TPSA) is 17.1 Å². The fourth-order valence-corrected chi connectivity index (χ4v) is 1.14. The van der Waals surface area contributed by atoms with Crippen molar-refractivity contribution in [3.63, 3.8) is 0 Å². The summed E-state index contributed by atoms with van der Waals surface area (Å²) in [5.74, 6) is 0.928. The van der Waals surface area contributed by atoms with Gasteiger partial charge in [-0.25, -0.2) is 0 Å². The summed E-state index contributed by atoms with van der Waals surface area (Å²) in [6.45, 7) is 2.09. The largest absolute Gasteiger partial charge is 0.303 e. The van der Waals surface area contributed by atoms with E-state index >= 15 is 0 Å². The minimum atomic E-state index is 0.253. The quantitative estimate of drug-likeness (QED) is 0.434. The molecule has 0 saturated heterocycles. The predicted molar refractivity (Wildman–Crippen MR) is 44.4 cm³/mol. The minimum Gasteiger partial charge on any atom is -0.303 e. The van der Waals surface area contributed by atoms with Gasteiger partial charge >= 0.3 is 0 Å². The molecule has 0 aliphatic carbocycles. The molecule has 0 aromatic rings. The third kappa shape index (κ3) is 4.80. The van der Waals surface area contributed by atoms with Gasteiger partial charge in [0.15, 0.2) is 0 Å². The van der Waals surface area contributed by atoms with E-state index in [0.717, 1.165) is 32.0 Å². The van der Waals surface area contributed by atoms with Crippen LogP contribution in [0.2, 0.25) is 0 Å². The Labute approximate surface area is 67.8 Å². The van der Waals surface area contributed by atoms with Crippen LogP contribution in [0.15, 0.2) is 0 Å². The third-order valence-electron chi connectivity index (χ3n) is 1.56. The van der Waals surface area contributed by atoms with Gasteiger partial charge in [0.2, 0.25) is 0 Å². The van der Waals surface area contributed by atoms with Gasteiger partial charge in [-0.2, -0.15) is 0 Å². The molecule has 0 heterocycles. The third-order valence-corrected chi connectivity index (χ3v) is 1.83. The zero-order valence-electron chi connectivity index (χ0n) is 6.48. The number of halogens is 1. The molecule has 1 nitrogen and oxygen atoms in total. The lowest BCUT2D eigenvalue weighted by Crippen LogP contribution is -2.01. The van der Waals surface area contributed by atoms with Crippen LogP contribution in [-0.4, -0.2) is 12.2 Å². The molecule has 1 atom stereocenters. The Morgan fingerprint density at radius 1 is 1.50 bits per heavy atom. The molecule has 0 fully saturated rings. The Balaban J connectivity index is 3.29. The summed E-state index contributed by atoms with van der Waals surface area (Å²) in [6, 6.07) is 0. The highest BCUT2D eigenvalue weighted by Crippen LogP contribution is 2.10. The number of alkyl halides is 1. The smallest absolute Gasteiger partial charge is 0.123 e. The first-order valence-corrected chi connectivity index (χ1v) is 4.39. The van der Waals surface area contributed by atoms with E-state index in [4.69, 9.17) is 11.6 Å². The van der Waals surface area contributed by atoms with Crippen molar-refractivity contribution in [3.05, 3.63) is 0 Å². The fraction of sp³-hybridized carbons (Fsp3) is 0.875. The molecule has 60 valence electrons. The highest BCUT2D eigenvalue weighted by molar-refractivity contribution is 6.17. The summed E-state index contributed by atoms with van der Waals surface area (Å²) in [6.07, 6.45) is 5.08. The van der Waals surface area contributed by atoms with E-state index in [1.165, 1.54) is 0 Å². The van der Waals surface area contributed by atoms with E-state index < -0.39 is 0 Å². The molecule has 0 amide bonds. The van der Waals surface area contributed by atoms with E-state index in [0.29, 0.717) is 5.88 Å². The maximum atomic E-state index is 10.4. The molecule has 0 aliphatic heterocycles. The van der Waals surface area contributed by atoms with Gasteiger partial charge in [0.05, 0.1) is 0 Å². The molecule has 0 saturated carbocycles. The second-order valence-corrected chi connectivity index (χ2v) is 2.89. The van der Waals surface area contributed by atoms with Gasteiger partial charge in [-0.05, 0) is 19.3 Å². The van der Waals surface area contributed by atoms with Crippen molar-refractivity contribution in [1.82, 2.24) is 0 Å². The molecule has 10 heavy (non-hydrogen) atoms. The van der Waals surface area contributed by atoms with Gasteiger partial charge in [-0.15, -0.1) is 11.6 Å². The molecule has 0 aromatic heterocycles. The maximum Gasteiger partial charge on any atom is 0.123 e. The molecule has 0 radical (unpaired) electrons. The number of aldehydes is 1. The SMILES string of the molecule is CCCC(C=O)CCCCl. The molecule has 1 unspecified atom stereocenters. The molecular weight excluding hydrogens is 148 g/mol. The van der Waals surface area contributed by atoms with Crippen LogP contribution in [-0.2, 0) is 4.79 Å². The van der Waals surface area contributed by atoms with E-state index in [9.17, 15) is 4.79 Å². The van der Waals surface area contributed by atoms with Gasteiger partial charge < -0.3 is 4.79 Å². The Morgan fingerprint density at radius 3 is 2.60 bits per heavy atom. The normalized spacial score (nSPS) is 13.0. The van der Waals surface area contributed by atoms with E-state index in [2.05, 4.69) is 6.92 Å². The molecule has 0 aliphatic rings. The molecule has 0 aromatic carbocycles. The first kappa shape index (κ1) is 9.96.